The van der Waals surface area contributed by atoms with E-state index < -0.39 is 11.4 Å². The average Bonchev–Trinajstić information content (AvgIpc) is 2.73. The molecule has 1 aromatic carbocycles. The molecule has 29 heavy (non-hydrogen) atoms. The van der Waals surface area contributed by atoms with E-state index in [2.05, 4.69) is 5.32 Å². The van der Waals surface area contributed by atoms with Crippen molar-refractivity contribution in [2.75, 3.05) is 6.61 Å². The van der Waals surface area contributed by atoms with Gasteiger partial charge in [-0.1, -0.05) is 43.2 Å². The number of esters is 1. The van der Waals surface area contributed by atoms with Gasteiger partial charge in [-0.2, -0.15) is 0 Å². The summed E-state index contributed by atoms with van der Waals surface area (Å²) < 4.78 is 12.7. The van der Waals surface area contributed by atoms with Crippen LogP contribution in [0.1, 0.15) is 65.1 Å². The predicted molar refractivity (Wildman–Crippen MR) is 106 cm³/mol. The molecule has 4 rings (SSSR count). The van der Waals surface area contributed by atoms with Crippen molar-refractivity contribution in [3.63, 3.8) is 0 Å². The first kappa shape index (κ1) is 19.2. The van der Waals surface area contributed by atoms with Crippen LogP contribution in [-0.2, 0) is 11.3 Å². The van der Waals surface area contributed by atoms with Crippen LogP contribution in [0.3, 0.4) is 0 Å². The second-order valence-electron chi connectivity index (χ2n) is 7.38. The molecule has 152 valence electrons. The van der Waals surface area contributed by atoms with Crippen LogP contribution in [0.2, 0.25) is 0 Å². The maximum atomic E-state index is 13.1. The number of fused-ring (bicyclic) bond motifs is 3. The standard InChI is InChI=1S/C22H24N2O5/c1-2-28-22(27)15-12-24-17-11-7-6-10-16(17)23-21(26)18(24)20(19(15)25)29-13-14-8-4-3-5-9-14/h3-5,8-9,12,16-17H,2,6-7,10-11,13H2,1H3,(H,23,26)/t16-,17-/m0/s1. The Morgan fingerprint density at radius 2 is 1.93 bits per heavy atom. The number of hydrogen-bond acceptors (Lipinski definition) is 5. The summed E-state index contributed by atoms with van der Waals surface area (Å²) >= 11 is 0. The van der Waals surface area contributed by atoms with Gasteiger partial charge in [0.05, 0.1) is 12.6 Å². The molecule has 7 nitrogen and oxygen atoms in total. The topological polar surface area (TPSA) is 86.6 Å². The SMILES string of the molecule is CCOC(=O)c1cn2c(c(OCc3ccccc3)c1=O)C(=O)N[C@H]1CCCC[C@@H]12. The van der Waals surface area contributed by atoms with Gasteiger partial charge in [0.2, 0.25) is 5.43 Å². The molecule has 7 heteroatoms. The molecule has 1 aliphatic heterocycles. The Kier molecular flexibility index (Phi) is 5.38. The van der Waals surface area contributed by atoms with E-state index in [0.29, 0.717) is 0 Å². The number of pyridine rings is 1. The van der Waals surface area contributed by atoms with Gasteiger partial charge in [-0.05, 0) is 25.3 Å². The van der Waals surface area contributed by atoms with Crippen LogP contribution in [0.4, 0.5) is 0 Å². The fourth-order valence-electron chi connectivity index (χ4n) is 4.16. The molecule has 2 aromatic rings. The second kappa shape index (κ2) is 8.11. The largest absolute Gasteiger partial charge is 0.483 e. The van der Waals surface area contributed by atoms with E-state index in [-0.39, 0.29) is 48.2 Å². The Morgan fingerprint density at radius 1 is 1.17 bits per heavy atom. The molecule has 0 spiro atoms. The van der Waals surface area contributed by atoms with Gasteiger partial charge in [0.1, 0.15) is 12.2 Å². The van der Waals surface area contributed by atoms with Crippen molar-refractivity contribution >= 4 is 11.9 Å². The Bertz CT molecular complexity index is 983. The number of hydrogen-bond donors (Lipinski definition) is 1. The van der Waals surface area contributed by atoms with Crippen molar-refractivity contribution in [3.8, 4) is 5.75 Å². The Morgan fingerprint density at radius 3 is 2.69 bits per heavy atom. The number of amides is 1. The number of nitrogens with zero attached hydrogens (tertiary/aromatic N) is 1. The normalized spacial score (nSPS) is 20.2. The minimum absolute atomic E-state index is 0.00991. The summed E-state index contributed by atoms with van der Waals surface area (Å²) in [6.07, 6.45) is 5.28. The number of benzene rings is 1. The molecule has 0 unspecified atom stereocenters. The van der Waals surface area contributed by atoms with E-state index in [4.69, 9.17) is 9.47 Å². The maximum absolute atomic E-state index is 13.1. The molecule has 2 atom stereocenters. The van der Waals surface area contributed by atoms with Crippen molar-refractivity contribution in [2.24, 2.45) is 0 Å². The van der Waals surface area contributed by atoms with Crippen molar-refractivity contribution in [1.29, 1.82) is 0 Å². The highest BCUT2D eigenvalue weighted by molar-refractivity contribution is 5.98. The van der Waals surface area contributed by atoms with Gasteiger partial charge in [-0.25, -0.2) is 4.79 Å². The highest BCUT2D eigenvalue weighted by atomic mass is 16.5. The van der Waals surface area contributed by atoms with Gasteiger partial charge in [-0.3, -0.25) is 9.59 Å². The number of aromatic nitrogens is 1. The van der Waals surface area contributed by atoms with Crippen LogP contribution >= 0.6 is 0 Å². The minimum Gasteiger partial charge on any atom is -0.483 e. The van der Waals surface area contributed by atoms with E-state index in [1.54, 1.807) is 11.5 Å². The average molecular weight is 396 g/mol. The summed E-state index contributed by atoms with van der Waals surface area (Å²) in [7, 11) is 0. The second-order valence-corrected chi connectivity index (χ2v) is 7.38. The first-order chi connectivity index (χ1) is 14.1. The van der Waals surface area contributed by atoms with Crippen molar-refractivity contribution < 1.29 is 19.1 Å². The molecule has 1 aliphatic carbocycles. The molecular formula is C22H24N2O5. The monoisotopic (exact) mass is 396 g/mol. The van der Waals surface area contributed by atoms with Crippen LogP contribution in [0.5, 0.6) is 5.75 Å². The number of carbonyl (C=O) groups is 2. The summed E-state index contributed by atoms with van der Waals surface area (Å²) in [5, 5.41) is 3.02. The molecule has 0 bridgehead atoms. The van der Waals surface area contributed by atoms with E-state index in [9.17, 15) is 14.4 Å². The summed E-state index contributed by atoms with van der Waals surface area (Å²) in [5.41, 5.74) is 0.328. The Labute approximate surface area is 168 Å². The van der Waals surface area contributed by atoms with Crippen LogP contribution in [-0.4, -0.2) is 29.1 Å². The first-order valence-electron chi connectivity index (χ1n) is 10.0. The van der Waals surface area contributed by atoms with Gasteiger partial charge in [0.25, 0.3) is 5.91 Å². The highest BCUT2D eigenvalue weighted by Gasteiger charge is 2.38. The smallest absolute Gasteiger partial charge is 0.343 e. The molecule has 0 saturated heterocycles. The summed E-state index contributed by atoms with van der Waals surface area (Å²) in [5.74, 6) is -1.14. The molecule has 1 N–H and O–H groups in total. The lowest BCUT2D eigenvalue weighted by molar-refractivity contribution is 0.0520. The number of ether oxygens (including phenoxy) is 2. The van der Waals surface area contributed by atoms with E-state index in [0.717, 1.165) is 31.2 Å². The predicted octanol–water partition coefficient (Wildman–Crippen LogP) is 2.83. The van der Waals surface area contributed by atoms with Crippen LogP contribution < -0.4 is 15.5 Å². The van der Waals surface area contributed by atoms with E-state index >= 15 is 0 Å². The zero-order valence-electron chi connectivity index (χ0n) is 16.3. The van der Waals surface area contributed by atoms with Gasteiger partial charge in [0, 0.05) is 12.2 Å². The van der Waals surface area contributed by atoms with E-state index in [1.807, 2.05) is 30.3 Å². The third kappa shape index (κ3) is 3.64. The van der Waals surface area contributed by atoms with E-state index in [1.165, 1.54) is 6.20 Å². The molecule has 1 saturated carbocycles. The molecule has 0 radical (unpaired) electrons. The number of nitrogens with one attached hydrogen (secondary N) is 1. The molecule has 1 aromatic heterocycles. The maximum Gasteiger partial charge on any atom is 0.343 e. The lowest BCUT2D eigenvalue weighted by Crippen LogP contribution is -2.50. The van der Waals surface area contributed by atoms with Crippen LogP contribution in [0, 0.1) is 0 Å². The molecule has 2 heterocycles. The van der Waals surface area contributed by atoms with Gasteiger partial charge < -0.3 is 19.4 Å². The summed E-state index contributed by atoms with van der Waals surface area (Å²) in [4.78, 5) is 38.4. The van der Waals surface area contributed by atoms with Gasteiger partial charge in [0.15, 0.2) is 11.4 Å². The zero-order valence-corrected chi connectivity index (χ0v) is 16.3. The minimum atomic E-state index is -0.698. The highest BCUT2D eigenvalue weighted by Crippen LogP contribution is 2.35. The molecule has 1 amide bonds. The van der Waals surface area contributed by atoms with Crippen molar-refractivity contribution in [3.05, 3.63) is 63.6 Å². The summed E-state index contributed by atoms with van der Waals surface area (Å²) in [6.45, 7) is 1.97. The molecule has 2 aliphatic rings. The Balaban J connectivity index is 1.81. The third-order valence-electron chi connectivity index (χ3n) is 5.53. The van der Waals surface area contributed by atoms with Crippen LogP contribution in [0.15, 0.2) is 41.3 Å². The quantitative estimate of drug-likeness (QED) is 0.786. The summed E-state index contributed by atoms with van der Waals surface area (Å²) in [6, 6.07) is 9.35. The van der Waals surface area contributed by atoms with Crippen molar-refractivity contribution in [2.45, 2.75) is 51.3 Å². The molecule has 1 fully saturated rings. The zero-order chi connectivity index (χ0) is 20.4. The van der Waals surface area contributed by atoms with Crippen LogP contribution in [0.25, 0.3) is 0 Å². The van der Waals surface area contributed by atoms with Gasteiger partial charge in [-0.15, -0.1) is 0 Å². The number of rotatable bonds is 5. The lowest BCUT2D eigenvalue weighted by Gasteiger charge is -2.39. The van der Waals surface area contributed by atoms with Gasteiger partial charge >= 0.3 is 5.97 Å². The van der Waals surface area contributed by atoms with Crippen molar-refractivity contribution in [1.82, 2.24) is 9.88 Å². The number of carbonyl (C=O) groups excluding carboxylic acids is 2. The fraction of sp³-hybridized carbons (Fsp3) is 0.409. The fourth-order valence-corrected chi connectivity index (χ4v) is 4.16. The molecular weight excluding hydrogens is 372 g/mol. The third-order valence-corrected chi connectivity index (χ3v) is 5.53. The lowest BCUT2D eigenvalue weighted by atomic mass is 9.87. The first-order valence-corrected chi connectivity index (χ1v) is 10.0. The Hall–Kier alpha value is -3.09.